The Balaban J connectivity index is 1.21. The van der Waals surface area contributed by atoms with Crippen molar-refractivity contribution < 1.29 is 4.42 Å². The molecule has 0 saturated heterocycles. The zero-order valence-corrected chi connectivity index (χ0v) is 28.6. The summed E-state index contributed by atoms with van der Waals surface area (Å²) in [6.07, 6.45) is 0. The van der Waals surface area contributed by atoms with Crippen LogP contribution in [0.2, 0.25) is 0 Å². The zero-order valence-electron chi connectivity index (χ0n) is 27.7. The van der Waals surface area contributed by atoms with Crippen molar-refractivity contribution in [1.29, 1.82) is 0 Å². The van der Waals surface area contributed by atoms with Crippen LogP contribution in [0.15, 0.2) is 168 Å². The van der Waals surface area contributed by atoms with Gasteiger partial charge in [-0.3, -0.25) is 0 Å². The van der Waals surface area contributed by atoms with Crippen LogP contribution in [0.1, 0.15) is 0 Å². The number of aromatic nitrogens is 3. The first-order chi connectivity index (χ1) is 25.8. The predicted molar refractivity (Wildman–Crippen MR) is 217 cm³/mol. The number of thiophene rings is 1. The maximum atomic E-state index is 6.92. The molecule has 0 atom stereocenters. The average Bonchev–Trinajstić information content (AvgIpc) is 3.79. The van der Waals surface area contributed by atoms with Crippen LogP contribution in [0.25, 0.3) is 109 Å². The third-order valence-electron chi connectivity index (χ3n) is 10.1. The molecule has 3 aromatic heterocycles. The Morgan fingerprint density at radius 2 is 0.923 bits per heavy atom. The molecule has 11 rings (SSSR count). The van der Waals surface area contributed by atoms with E-state index in [1.54, 1.807) is 11.3 Å². The Bertz CT molecular complexity index is 3190. The molecule has 11 aromatic rings. The lowest BCUT2D eigenvalue weighted by atomic mass is 9.95. The van der Waals surface area contributed by atoms with E-state index in [1.165, 1.54) is 26.6 Å². The molecular weight excluding hydrogens is 655 g/mol. The van der Waals surface area contributed by atoms with Crippen LogP contribution < -0.4 is 0 Å². The van der Waals surface area contributed by atoms with Crippen molar-refractivity contribution in [3.05, 3.63) is 164 Å². The fourth-order valence-corrected chi connectivity index (χ4v) is 8.95. The molecular formula is C47H27N3OS. The van der Waals surface area contributed by atoms with Crippen LogP contribution in [0, 0.1) is 0 Å². The fraction of sp³-hybridized carbons (Fsp3) is 0. The highest BCUT2D eigenvalue weighted by Gasteiger charge is 2.22. The van der Waals surface area contributed by atoms with Crippen LogP contribution in [0.3, 0.4) is 0 Å². The molecule has 0 unspecified atom stereocenters. The van der Waals surface area contributed by atoms with Crippen molar-refractivity contribution >= 4 is 75.0 Å². The molecule has 0 aliphatic heterocycles. The highest BCUT2D eigenvalue weighted by Crippen LogP contribution is 2.43. The second-order valence-corrected chi connectivity index (χ2v) is 14.2. The molecule has 8 aromatic carbocycles. The highest BCUT2D eigenvalue weighted by atomic mass is 32.1. The molecule has 0 aliphatic rings. The van der Waals surface area contributed by atoms with E-state index >= 15 is 0 Å². The maximum absolute atomic E-state index is 6.92. The number of hydrogen-bond donors (Lipinski definition) is 0. The summed E-state index contributed by atoms with van der Waals surface area (Å²) in [6, 6.07) is 57.3. The number of para-hydroxylation sites is 1. The molecule has 0 amide bonds. The summed E-state index contributed by atoms with van der Waals surface area (Å²) >= 11 is 1.78. The van der Waals surface area contributed by atoms with Crippen molar-refractivity contribution in [3.8, 4) is 45.3 Å². The van der Waals surface area contributed by atoms with Crippen LogP contribution in [0.5, 0.6) is 0 Å². The van der Waals surface area contributed by atoms with E-state index in [0.29, 0.717) is 17.5 Å². The average molecular weight is 682 g/mol. The molecule has 3 heterocycles. The van der Waals surface area contributed by atoms with Gasteiger partial charge in [-0.15, -0.1) is 11.3 Å². The first-order valence-corrected chi connectivity index (χ1v) is 18.2. The van der Waals surface area contributed by atoms with Gasteiger partial charge in [0.2, 0.25) is 0 Å². The zero-order chi connectivity index (χ0) is 34.2. The molecule has 0 aliphatic carbocycles. The standard InChI is InChI=1S/C47H27N3OS/c1-2-13-29(14-3-1)39-27-40-34-21-11-24-37(42(34)51-43(40)33-20-7-6-18-31(33)39)46-48-45(36-23-10-16-28-15-4-5-17-30(28)36)49-47(50-46)38-25-12-22-35-32-19-8-9-26-41(32)52-44(35)38/h1-27H. The third-order valence-corrected chi connectivity index (χ3v) is 11.4. The van der Waals surface area contributed by atoms with Gasteiger partial charge in [-0.05, 0) is 51.6 Å². The van der Waals surface area contributed by atoms with Gasteiger partial charge in [-0.25, -0.2) is 15.0 Å². The minimum atomic E-state index is 0.572. The van der Waals surface area contributed by atoms with Crippen molar-refractivity contribution in [3.63, 3.8) is 0 Å². The number of fused-ring (bicyclic) bond motifs is 9. The third kappa shape index (κ3) is 4.43. The van der Waals surface area contributed by atoms with Gasteiger partial charge in [0.25, 0.3) is 0 Å². The number of benzene rings is 8. The minimum Gasteiger partial charge on any atom is -0.455 e. The lowest BCUT2D eigenvalue weighted by Gasteiger charge is -2.11. The summed E-state index contributed by atoms with van der Waals surface area (Å²) in [5.41, 5.74) is 6.73. The second-order valence-electron chi connectivity index (χ2n) is 13.1. The van der Waals surface area contributed by atoms with Crippen LogP contribution >= 0.6 is 11.3 Å². The topological polar surface area (TPSA) is 51.8 Å². The largest absolute Gasteiger partial charge is 0.455 e. The highest BCUT2D eigenvalue weighted by molar-refractivity contribution is 7.26. The summed E-state index contributed by atoms with van der Waals surface area (Å²) in [4.78, 5) is 15.7. The molecule has 0 saturated carbocycles. The fourth-order valence-electron chi connectivity index (χ4n) is 7.73. The van der Waals surface area contributed by atoms with Gasteiger partial charge in [0.05, 0.1) is 5.56 Å². The Labute approximate surface area is 302 Å². The van der Waals surface area contributed by atoms with E-state index in [9.17, 15) is 0 Å². The number of rotatable bonds is 4. The normalized spacial score (nSPS) is 11.8. The van der Waals surface area contributed by atoms with Crippen molar-refractivity contribution in [2.75, 3.05) is 0 Å². The van der Waals surface area contributed by atoms with E-state index < -0.39 is 0 Å². The van der Waals surface area contributed by atoms with Crippen molar-refractivity contribution in [1.82, 2.24) is 15.0 Å². The van der Waals surface area contributed by atoms with E-state index in [-0.39, 0.29) is 0 Å². The Morgan fingerprint density at radius 1 is 0.365 bits per heavy atom. The summed E-state index contributed by atoms with van der Waals surface area (Å²) < 4.78 is 9.31. The van der Waals surface area contributed by atoms with Gasteiger partial charge >= 0.3 is 0 Å². The summed E-state index contributed by atoms with van der Waals surface area (Å²) in [7, 11) is 0. The molecule has 4 nitrogen and oxygen atoms in total. The van der Waals surface area contributed by atoms with Gasteiger partial charge < -0.3 is 4.42 Å². The van der Waals surface area contributed by atoms with E-state index in [0.717, 1.165) is 64.9 Å². The Hall–Kier alpha value is -6.69. The van der Waals surface area contributed by atoms with E-state index in [1.807, 2.05) is 0 Å². The minimum absolute atomic E-state index is 0.572. The molecule has 0 radical (unpaired) electrons. The van der Waals surface area contributed by atoms with E-state index in [2.05, 4.69) is 164 Å². The first-order valence-electron chi connectivity index (χ1n) is 17.4. The van der Waals surface area contributed by atoms with Crippen molar-refractivity contribution in [2.45, 2.75) is 0 Å². The molecule has 0 N–H and O–H groups in total. The predicted octanol–water partition coefficient (Wildman–Crippen LogP) is 13.1. The molecule has 5 heteroatoms. The smallest absolute Gasteiger partial charge is 0.167 e. The Morgan fingerprint density at radius 3 is 1.77 bits per heavy atom. The van der Waals surface area contributed by atoms with Crippen LogP contribution in [0.4, 0.5) is 0 Å². The maximum Gasteiger partial charge on any atom is 0.167 e. The second kappa shape index (κ2) is 11.4. The van der Waals surface area contributed by atoms with Crippen molar-refractivity contribution in [2.24, 2.45) is 0 Å². The molecule has 0 spiro atoms. The molecule has 0 bridgehead atoms. The monoisotopic (exact) mass is 681 g/mol. The van der Waals surface area contributed by atoms with Gasteiger partial charge in [0, 0.05) is 47.5 Å². The van der Waals surface area contributed by atoms with Gasteiger partial charge in [-0.1, -0.05) is 140 Å². The van der Waals surface area contributed by atoms with Crippen LogP contribution in [-0.2, 0) is 0 Å². The molecule has 52 heavy (non-hydrogen) atoms. The molecule has 242 valence electrons. The Kier molecular flexibility index (Phi) is 6.39. The van der Waals surface area contributed by atoms with E-state index in [4.69, 9.17) is 19.4 Å². The van der Waals surface area contributed by atoms with Gasteiger partial charge in [0.1, 0.15) is 11.2 Å². The lowest BCUT2D eigenvalue weighted by Crippen LogP contribution is -2.01. The molecule has 0 fully saturated rings. The number of hydrogen-bond acceptors (Lipinski definition) is 5. The van der Waals surface area contributed by atoms with Gasteiger partial charge in [0.15, 0.2) is 17.5 Å². The SMILES string of the molecule is c1ccc(-c2cc3c4cccc(-c5nc(-c6cccc7ccccc67)nc(-c6cccc7c6sc6ccccc67)n5)c4oc3c3ccccc23)cc1. The quantitative estimate of drug-likeness (QED) is 0.185. The van der Waals surface area contributed by atoms with Crippen LogP contribution in [-0.4, -0.2) is 15.0 Å². The number of furan rings is 1. The first kappa shape index (κ1) is 29.1. The summed E-state index contributed by atoms with van der Waals surface area (Å²) in [5, 5.41) is 8.98. The summed E-state index contributed by atoms with van der Waals surface area (Å²) in [6.45, 7) is 0. The number of nitrogens with zero attached hydrogens (tertiary/aromatic N) is 3. The summed E-state index contributed by atoms with van der Waals surface area (Å²) in [5.74, 6) is 1.83. The van der Waals surface area contributed by atoms with Gasteiger partial charge in [-0.2, -0.15) is 0 Å². The lowest BCUT2D eigenvalue weighted by molar-refractivity contribution is 0.673.